The lowest BCUT2D eigenvalue weighted by Gasteiger charge is -2.14. The SMILES string of the molecule is Cc1c(Cl)cccc1NC(=O)c1ccn([C@@H](C)C(=O)Nc2cccc(Cl)c2C)n1. The van der Waals surface area contributed by atoms with Gasteiger partial charge in [-0.3, -0.25) is 14.3 Å². The molecule has 150 valence electrons. The fourth-order valence-corrected chi connectivity index (χ4v) is 3.05. The van der Waals surface area contributed by atoms with Gasteiger partial charge in [0.05, 0.1) is 0 Å². The van der Waals surface area contributed by atoms with Crippen molar-refractivity contribution >= 4 is 46.4 Å². The number of anilines is 2. The molecule has 1 aromatic heterocycles. The van der Waals surface area contributed by atoms with Crippen LogP contribution in [0.5, 0.6) is 0 Å². The molecular formula is C21H20Cl2N4O2. The molecule has 3 rings (SSSR count). The van der Waals surface area contributed by atoms with Gasteiger partial charge in [-0.1, -0.05) is 35.3 Å². The zero-order valence-corrected chi connectivity index (χ0v) is 17.7. The summed E-state index contributed by atoms with van der Waals surface area (Å²) in [6.07, 6.45) is 1.59. The molecule has 0 aliphatic heterocycles. The smallest absolute Gasteiger partial charge is 0.276 e. The van der Waals surface area contributed by atoms with Gasteiger partial charge in [0.25, 0.3) is 5.91 Å². The first-order valence-electron chi connectivity index (χ1n) is 8.95. The summed E-state index contributed by atoms with van der Waals surface area (Å²) in [7, 11) is 0. The minimum Gasteiger partial charge on any atom is -0.324 e. The first-order valence-corrected chi connectivity index (χ1v) is 9.71. The molecule has 0 saturated carbocycles. The van der Waals surface area contributed by atoms with Crippen LogP contribution >= 0.6 is 23.2 Å². The van der Waals surface area contributed by atoms with Gasteiger partial charge in [-0.2, -0.15) is 5.10 Å². The highest BCUT2D eigenvalue weighted by Gasteiger charge is 2.19. The Morgan fingerprint density at radius 2 is 1.48 bits per heavy atom. The van der Waals surface area contributed by atoms with Crippen molar-refractivity contribution in [3.05, 3.63) is 75.5 Å². The van der Waals surface area contributed by atoms with Crippen molar-refractivity contribution in [1.29, 1.82) is 0 Å². The lowest BCUT2D eigenvalue weighted by Crippen LogP contribution is -2.25. The zero-order chi connectivity index (χ0) is 21.1. The van der Waals surface area contributed by atoms with Crippen LogP contribution in [0.1, 0.15) is 34.6 Å². The Kier molecular flexibility index (Phi) is 6.25. The number of carbonyl (C=O) groups excluding carboxylic acids is 2. The Bertz CT molecular complexity index is 1080. The van der Waals surface area contributed by atoms with Gasteiger partial charge in [0, 0.05) is 27.6 Å². The van der Waals surface area contributed by atoms with Gasteiger partial charge < -0.3 is 10.6 Å². The van der Waals surface area contributed by atoms with Crippen LogP contribution < -0.4 is 10.6 Å². The monoisotopic (exact) mass is 430 g/mol. The standard InChI is InChI=1S/C21H20Cl2N4O2/c1-12-15(22)6-4-8-17(12)24-20(28)14(3)27-11-10-19(26-27)21(29)25-18-9-5-7-16(23)13(18)2/h4-11,14H,1-3H3,(H,24,28)(H,25,29)/t14-/m0/s1. The van der Waals surface area contributed by atoms with E-state index in [4.69, 9.17) is 23.2 Å². The van der Waals surface area contributed by atoms with E-state index in [0.29, 0.717) is 21.4 Å². The van der Waals surface area contributed by atoms with Crippen molar-refractivity contribution < 1.29 is 9.59 Å². The van der Waals surface area contributed by atoms with Gasteiger partial charge in [0.15, 0.2) is 5.69 Å². The van der Waals surface area contributed by atoms with E-state index in [9.17, 15) is 9.59 Å². The minimum atomic E-state index is -0.622. The van der Waals surface area contributed by atoms with Crippen LogP contribution in [0.4, 0.5) is 11.4 Å². The molecule has 6 nitrogen and oxygen atoms in total. The molecule has 8 heteroatoms. The molecule has 0 spiro atoms. The fourth-order valence-electron chi connectivity index (χ4n) is 2.70. The second kappa shape index (κ2) is 8.68. The van der Waals surface area contributed by atoms with Crippen molar-refractivity contribution in [1.82, 2.24) is 9.78 Å². The van der Waals surface area contributed by atoms with Crippen LogP contribution in [0, 0.1) is 13.8 Å². The van der Waals surface area contributed by atoms with Crippen molar-refractivity contribution in [2.24, 2.45) is 0 Å². The highest BCUT2D eigenvalue weighted by Crippen LogP contribution is 2.25. The Hall–Kier alpha value is -2.83. The zero-order valence-electron chi connectivity index (χ0n) is 16.2. The predicted molar refractivity (Wildman–Crippen MR) is 116 cm³/mol. The van der Waals surface area contributed by atoms with Crippen LogP contribution in [-0.2, 0) is 4.79 Å². The maximum absolute atomic E-state index is 12.6. The third kappa shape index (κ3) is 4.60. The van der Waals surface area contributed by atoms with Gasteiger partial charge in [-0.25, -0.2) is 0 Å². The summed E-state index contributed by atoms with van der Waals surface area (Å²) in [5.41, 5.74) is 3.00. The maximum Gasteiger partial charge on any atom is 0.276 e. The molecule has 2 N–H and O–H groups in total. The summed E-state index contributed by atoms with van der Waals surface area (Å²) >= 11 is 12.2. The molecule has 1 heterocycles. The molecule has 29 heavy (non-hydrogen) atoms. The molecule has 0 aliphatic carbocycles. The van der Waals surface area contributed by atoms with Gasteiger partial charge in [-0.05, 0) is 62.2 Å². The molecule has 0 fully saturated rings. The Morgan fingerprint density at radius 1 is 0.931 bits per heavy atom. The van der Waals surface area contributed by atoms with Crippen molar-refractivity contribution in [2.75, 3.05) is 10.6 Å². The molecule has 0 unspecified atom stereocenters. The summed E-state index contributed by atoms with van der Waals surface area (Å²) < 4.78 is 1.44. The van der Waals surface area contributed by atoms with Crippen LogP contribution in [0.15, 0.2) is 48.7 Å². The van der Waals surface area contributed by atoms with E-state index in [1.807, 2.05) is 13.8 Å². The molecule has 0 aliphatic rings. The molecule has 1 atom stereocenters. The second-order valence-corrected chi connectivity index (χ2v) is 7.44. The van der Waals surface area contributed by atoms with E-state index < -0.39 is 6.04 Å². The fraction of sp³-hybridized carbons (Fsp3) is 0.190. The quantitative estimate of drug-likeness (QED) is 0.579. The van der Waals surface area contributed by atoms with Gasteiger partial charge in [0.1, 0.15) is 6.04 Å². The molecular weight excluding hydrogens is 411 g/mol. The number of nitrogens with one attached hydrogen (secondary N) is 2. The number of rotatable bonds is 5. The molecule has 0 radical (unpaired) electrons. The number of hydrogen-bond donors (Lipinski definition) is 2. The normalized spacial score (nSPS) is 11.8. The highest BCUT2D eigenvalue weighted by molar-refractivity contribution is 6.32. The van der Waals surface area contributed by atoms with Crippen LogP contribution in [0.25, 0.3) is 0 Å². The third-order valence-electron chi connectivity index (χ3n) is 4.66. The molecule has 2 amide bonds. The molecule has 0 saturated heterocycles. The van der Waals surface area contributed by atoms with E-state index >= 15 is 0 Å². The third-order valence-corrected chi connectivity index (χ3v) is 5.48. The van der Waals surface area contributed by atoms with Crippen LogP contribution in [-0.4, -0.2) is 21.6 Å². The second-order valence-electron chi connectivity index (χ2n) is 6.63. The number of amides is 2. The molecule has 0 bridgehead atoms. The van der Waals surface area contributed by atoms with Crippen LogP contribution in [0.3, 0.4) is 0 Å². The van der Waals surface area contributed by atoms with Crippen molar-refractivity contribution in [3.63, 3.8) is 0 Å². The molecule has 2 aromatic carbocycles. The topological polar surface area (TPSA) is 76.0 Å². The maximum atomic E-state index is 12.6. The van der Waals surface area contributed by atoms with E-state index in [2.05, 4.69) is 15.7 Å². The number of halogens is 2. The number of aromatic nitrogens is 2. The average Bonchev–Trinajstić information content (AvgIpc) is 3.18. The highest BCUT2D eigenvalue weighted by atomic mass is 35.5. The van der Waals surface area contributed by atoms with Crippen LogP contribution in [0.2, 0.25) is 10.0 Å². The van der Waals surface area contributed by atoms with Gasteiger partial charge in [0.2, 0.25) is 5.91 Å². The van der Waals surface area contributed by atoms with E-state index in [1.165, 1.54) is 4.68 Å². The van der Waals surface area contributed by atoms with Crippen molar-refractivity contribution in [2.45, 2.75) is 26.8 Å². The Morgan fingerprint density at radius 3 is 2.07 bits per heavy atom. The Labute approximate surface area is 178 Å². The van der Waals surface area contributed by atoms with E-state index in [-0.39, 0.29) is 17.5 Å². The Balaban J connectivity index is 1.71. The first kappa shape index (κ1) is 20.9. The minimum absolute atomic E-state index is 0.197. The van der Waals surface area contributed by atoms with Gasteiger partial charge in [-0.15, -0.1) is 0 Å². The lowest BCUT2D eigenvalue weighted by molar-refractivity contribution is -0.119. The summed E-state index contributed by atoms with van der Waals surface area (Å²) in [6.45, 7) is 5.35. The lowest BCUT2D eigenvalue weighted by atomic mass is 10.2. The predicted octanol–water partition coefficient (Wildman–Crippen LogP) is 5.26. The van der Waals surface area contributed by atoms with Crippen molar-refractivity contribution in [3.8, 4) is 0 Å². The number of nitrogens with zero attached hydrogens (tertiary/aromatic N) is 2. The molecule has 3 aromatic rings. The van der Waals surface area contributed by atoms with E-state index in [0.717, 1.165) is 11.1 Å². The largest absolute Gasteiger partial charge is 0.324 e. The number of benzene rings is 2. The summed E-state index contributed by atoms with van der Waals surface area (Å²) in [5.74, 6) is -0.650. The first-order chi connectivity index (χ1) is 13.8. The number of carbonyl (C=O) groups is 2. The number of hydrogen-bond acceptors (Lipinski definition) is 3. The van der Waals surface area contributed by atoms with E-state index in [1.54, 1.807) is 55.6 Å². The summed E-state index contributed by atoms with van der Waals surface area (Å²) in [6, 6.07) is 11.5. The average molecular weight is 431 g/mol. The van der Waals surface area contributed by atoms with Gasteiger partial charge >= 0.3 is 0 Å². The summed E-state index contributed by atoms with van der Waals surface area (Å²) in [5, 5.41) is 11.0. The summed E-state index contributed by atoms with van der Waals surface area (Å²) in [4.78, 5) is 25.1.